The summed E-state index contributed by atoms with van der Waals surface area (Å²) in [6.07, 6.45) is 7.51. The van der Waals surface area contributed by atoms with Gasteiger partial charge in [-0.15, -0.1) is 5.10 Å². The molecule has 1 saturated carbocycles. The van der Waals surface area contributed by atoms with Gasteiger partial charge in [0.05, 0.1) is 29.9 Å². The van der Waals surface area contributed by atoms with Gasteiger partial charge in [0, 0.05) is 37.4 Å². The lowest BCUT2D eigenvalue weighted by atomic mass is 9.93. The first-order valence-corrected chi connectivity index (χ1v) is 14.4. The largest absolute Gasteiger partial charge is 0.395 e. The molecule has 3 aliphatic rings. The lowest BCUT2D eigenvalue weighted by Crippen LogP contribution is -2.35. The van der Waals surface area contributed by atoms with E-state index in [1.807, 2.05) is 12.1 Å². The summed E-state index contributed by atoms with van der Waals surface area (Å²) in [5.74, 6) is -2.71. The van der Waals surface area contributed by atoms with Crippen LogP contribution in [0.25, 0.3) is 22.6 Å². The molecule has 1 aromatic carbocycles. The molecule has 2 fully saturated rings. The van der Waals surface area contributed by atoms with Crippen molar-refractivity contribution in [1.82, 2.24) is 20.0 Å². The van der Waals surface area contributed by atoms with Gasteiger partial charge in [-0.3, -0.25) is 0 Å². The molecule has 2 aromatic heterocycles. The summed E-state index contributed by atoms with van der Waals surface area (Å²) in [4.78, 5) is 6.86. The number of rotatable bonds is 8. The highest BCUT2D eigenvalue weighted by atomic mass is 32.2. The highest BCUT2D eigenvalue weighted by molar-refractivity contribution is 8.00. The predicted octanol–water partition coefficient (Wildman–Crippen LogP) is 6.10. The second-order valence-corrected chi connectivity index (χ2v) is 11.6. The first kappa shape index (κ1) is 26.2. The van der Waals surface area contributed by atoms with E-state index >= 15 is 0 Å². The number of nitrogens with one attached hydrogen (secondary N) is 1. The first-order chi connectivity index (χ1) is 18.8. The van der Waals surface area contributed by atoms with Crippen molar-refractivity contribution >= 4 is 28.9 Å². The third-order valence-corrected chi connectivity index (χ3v) is 8.81. The number of benzene rings is 1. The fourth-order valence-corrected chi connectivity index (χ4v) is 5.92. The monoisotopic (exact) mass is 556 g/mol. The Balaban J connectivity index is 1.29. The van der Waals surface area contributed by atoms with Gasteiger partial charge in [-0.25, -0.2) is 22.8 Å². The molecule has 3 aromatic rings. The SMILES string of the molecule is OCCSNc1ccc(-n2cc(-c3ccc(F)c(C4=CCC(F)(F)CC4)n3)nn2)c(N2CCC3(CC2)CC3)c1. The van der Waals surface area contributed by atoms with E-state index in [1.54, 1.807) is 10.9 Å². The zero-order valence-electron chi connectivity index (χ0n) is 21.5. The summed E-state index contributed by atoms with van der Waals surface area (Å²) in [6.45, 7) is 2.04. The van der Waals surface area contributed by atoms with Gasteiger partial charge >= 0.3 is 0 Å². The van der Waals surface area contributed by atoms with Gasteiger partial charge < -0.3 is 14.7 Å². The molecule has 0 unspecified atom stereocenters. The number of piperidine rings is 1. The Bertz CT molecular complexity index is 1380. The Kier molecular flexibility index (Phi) is 7.05. The van der Waals surface area contributed by atoms with E-state index in [-0.39, 0.29) is 25.1 Å². The maximum absolute atomic E-state index is 14.6. The Hall–Kier alpha value is -3.05. The molecule has 0 atom stereocenters. The number of aliphatic hydroxyl groups excluding tert-OH is 1. The van der Waals surface area contributed by atoms with Crippen LogP contribution < -0.4 is 9.62 Å². The number of hydrogen-bond acceptors (Lipinski definition) is 7. The van der Waals surface area contributed by atoms with E-state index in [0.29, 0.717) is 28.1 Å². The normalized spacial score (nSPS) is 19.7. The van der Waals surface area contributed by atoms with Gasteiger partial charge in [0.25, 0.3) is 5.92 Å². The highest BCUT2D eigenvalue weighted by Crippen LogP contribution is 2.54. The standard InChI is InChI=1S/C28H31F3N6OS/c29-21-2-3-22(32-26(21)19-5-7-28(30,31)8-6-19)23-18-37(35-33-23)24-4-1-20(34-39-16-15-38)17-25(24)36-13-11-27(9-10-27)12-14-36/h1-5,17-18,34,38H,6-16H2. The van der Waals surface area contributed by atoms with E-state index in [4.69, 9.17) is 5.11 Å². The topological polar surface area (TPSA) is 79.1 Å². The van der Waals surface area contributed by atoms with Crippen molar-refractivity contribution in [3.63, 3.8) is 0 Å². The fourth-order valence-electron chi connectivity index (χ4n) is 5.43. The number of nitrogens with zero attached hydrogens (tertiary/aromatic N) is 5. The number of alkyl halides is 2. The summed E-state index contributed by atoms with van der Waals surface area (Å²) in [7, 11) is 0. The predicted molar refractivity (Wildman–Crippen MR) is 148 cm³/mol. The van der Waals surface area contributed by atoms with Crippen molar-refractivity contribution in [3.8, 4) is 17.1 Å². The smallest absolute Gasteiger partial charge is 0.251 e. The Labute approximate surface area is 229 Å². The zero-order valence-corrected chi connectivity index (χ0v) is 22.4. The van der Waals surface area contributed by atoms with Crippen LogP contribution in [0.1, 0.15) is 50.6 Å². The summed E-state index contributed by atoms with van der Waals surface area (Å²) >= 11 is 1.45. The Morgan fingerprint density at radius 2 is 1.82 bits per heavy atom. The molecule has 39 heavy (non-hydrogen) atoms. The van der Waals surface area contributed by atoms with E-state index in [1.165, 1.54) is 55.8 Å². The van der Waals surface area contributed by atoms with Gasteiger partial charge in [-0.2, -0.15) is 0 Å². The third kappa shape index (κ3) is 5.65. The van der Waals surface area contributed by atoms with Crippen molar-refractivity contribution in [2.45, 2.75) is 50.9 Å². The Morgan fingerprint density at radius 1 is 1.00 bits per heavy atom. The number of halogens is 3. The zero-order chi connectivity index (χ0) is 27.0. The van der Waals surface area contributed by atoms with Crippen LogP contribution in [0.2, 0.25) is 0 Å². The van der Waals surface area contributed by atoms with Crippen LogP contribution in [-0.4, -0.2) is 56.5 Å². The van der Waals surface area contributed by atoms with E-state index < -0.39 is 18.2 Å². The van der Waals surface area contributed by atoms with Crippen LogP contribution in [-0.2, 0) is 0 Å². The van der Waals surface area contributed by atoms with Crippen molar-refractivity contribution < 1.29 is 18.3 Å². The van der Waals surface area contributed by atoms with Gasteiger partial charge in [-0.1, -0.05) is 23.2 Å². The molecule has 2 N–H and O–H groups in total. The average molecular weight is 557 g/mol. The summed E-state index contributed by atoms with van der Waals surface area (Å²) in [5.41, 5.74) is 4.89. The lowest BCUT2D eigenvalue weighted by molar-refractivity contribution is -0.00608. The number of aromatic nitrogens is 4. The number of aliphatic hydroxyl groups is 1. The molecule has 6 rings (SSSR count). The number of hydrogen-bond donors (Lipinski definition) is 2. The van der Waals surface area contributed by atoms with Crippen LogP contribution in [0.4, 0.5) is 24.5 Å². The van der Waals surface area contributed by atoms with Gasteiger partial charge in [-0.05, 0) is 73.4 Å². The molecule has 2 aliphatic carbocycles. The van der Waals surface area contributed by atoms with Crippen LogP contribution in [0.3, 0.4) is 0 Å². The third-order valence-electron chi connectivity index (χ3n) is 8.04. The molecule has 206 valence electrons. The minimum atomic E-state index is -2.76. The molecule has 0 amide bonds. The quantitative estimate of drug-likeness (QED) is 0.256. The minimum absolute atomic E-state index is 0.0739. The molecular weight excluding hydrogens is 525 g/mol. The fraction of sp³-hybridized carbons (Fsp3) is 0.464. The minimum Gasteiger partial charge on any atom is -0.395 e. The van der Waals surface area contributed by atoms with Crippen molar-refractivity contribution in [1.29, 1.82) is 0 Å². The second kappa shape index (κ2) is 10.5. The highest BCUT2D eigenvalue weighted by Gasteiger charge is 2.44. The molecule has 7 nitrogen and oxygen atoms in total. The maximum Gasteiger partial charge on any atom is 0.251 e. The van der Waals surface area contributed by atoms with E-state index in [2.05, 4.69) is 31.0 Å². The van der Waals surface area contributed by atoms with E-state index in [0.717, 1.165) is 30.2 Å². The van der Waals surface area contributed by atoms with Crippen molar-refractivity contribution in [2.24, 2.45) is 5.41 Å². The first-order valence-electron chi connectivity index (χ1n) is 13.4. The molecular formula is C28H31F3N6OS. The molecule has 11 heteroatoms. The van der Waals surface area contributed by atoms with Gasteiger partial charge in [0.15, 0.2) is 0 Å². The molecule has 1 saturated heterocycles. The summed E-state index contributed by atoms with van der Waals surface area (Å²) < 4.78 is 46.9. The molecule has 0 radical (unpaired) electrons. The van der Waals surface area contributed by atoms with Crippen LogP contribution in [0.5, 0.6) is 0 Å². The molecule has 1 spiro atoms. The van der Waals surface area contributed by atoms with Crippen LogP contribution in [0, 0.1) is 11.2 Å². The molecule has 1 aliphatic heterocycles. The van der Waals surface area contributed by atoms with Crippen molar-refractivity contribution in [3.05, 3.63) is 54.1 Å². The molecule has 0 bridgehead atoms. The lowest BCUT2D eigenvalue weighted by Gasteiger charge is -2.35. The summed E-state index contributed by atoms with van der Waals surface area (Å²) in [6, 6.07) is 8.91. The summed E-state index contributed by atoms with van der Waals surface area (Å²) in [5, 5.41) is 17.8. The number of anilines is 2. The maximum atomic E-state index is 14.6. The number of allylic oxidation sites excluding steroid dienone is 2. The van der Waals surface area contributed by atoms with E-state index in [9.17, 15) is 13.2 Å². The number of pyridine rings is 1. The molecule has 3 heterocycles. The van der Waals surface area contributed by atoms with Crippen LogP contribution >= 0.6 is 11.9 Å². The van der Waals surface area contributed by atoms with Crippen molar-refractivity contribution in [2.75, 3.05) is 35.1 Å². The average Bonchev–Trinajstić information content (AvgIpc) is 3.50. The Morgan fingerprint density at radius 3 is 2.54 bits per heavy atom. The van der Waals surface area contributed by atoms with Crippen LogP contribution in [0.15, 0.2) is 42.6 Å². The van der Waals surface area contributed by atoms with Gasteiger partial charge in [0.1, 0.15) is 17.2 Å². The van der Waals surface area contributed by atoms with Gasteiger partial charge in [0.2, 0.25) is 0 Å². The second-order valence-electron chi connectivity index (χ2n) is 10.7.